The van der Waals surface area contributed by atoms with Crippen LogP contribution in [0.5, 0.6) is 0 Å². The molecule has 0 aliphatic carbocycles. The smallest absolute Gasteiger partial charge is 0.306 e. The van der Waals surface area contributed by atoms with Gasteiger partial charge in [0, 0.05) is 13.0 Å². The second-order valence-electron chi connectivity index (χ2n) is 5.56. The van der Waals surface area contributed by atoms with Crippen molar-refractivity contribution in [1.29, 1.82) is 0 Å². The summed E-state index contributed by atoms with van der Waals surface area (Å²) in [5.41, 5.74) is 0.416. The van der Waals surface area contributed by atoms with Crippen LogP contribution in [0.15, 0.2) is 40.8 Å². The first-order valence-corrected chi connectivity index (χ1v) is 7.83. The number of halogens is 1. The molecule has 0 amide bonds. The number of furan rings is 1. The molecule has 1 aliphatic rings. The number of ether oxygens (including phenoxy) is 2. The van der Waals surface area contributed by atoms with Gasteiger partial charge in [0.15, 0.2) is 0 Å². The van der Waals surface area contributed by atoms with Crippen LogP contribution in [0, 0.1) is 5.82 Å². The average Bonchev–Trinajstić information content (AvgIpc) is 3.23. The molecule has 2 heterocycles. The van der Waals surface area contributed by atoms with Crippen LogP contribution in [0.3, 0.4) is 0 Å². The number of carbonyl (C=O) groups is 1. The zero-order valence-electron chi connectivity index (χ0n) is 12.8. The first kappa shape index (κ1) is 15.7. The molecular weight excluding hydrogens is 299 g/mol. The highest BCUT2D eigenvalue weighted by atomic mass is 19.1. The monoisotopic (exact) mass is 318 g/mol. The van der Waals surface area contributed by atoms with E-state index in [1.165, 1.54) is 6.07 Å². The normalized spacial score (nSPS) is 17.3. The predicted octanol–water partition coefficient (Wildman–Crippen LogP) is 3.74. The lowest BCUT2D eigenvalue weighted by Crippen LogP contribution is -2.17. The van der Waals surface area contributed by atoms with E-state index in [4.69, 9.17) is 13.9 Å². The largest absolute Gasteiger partial charge is 0.463 e. The third kappa shape index (κ3) is 4.20. The van der Waals surface area contributed by atoms with E-state index in [9.17, 15) is 9.18 Å². The third-order valence-corrected chi connectivity index (χ3v) is 3.83. The summed E-state index contributed by atoms with van der Waals surface area (Å²) in [6.45, 7) is 1.06. The molecule has 4 nitrogen and oxygen atoms in total. The van der Waals surface area contributed by atoms with Gasteiger partial charge in [0.1, 0.15) is 23.9 Å². The maximum absolute atomic E-state index is 13.7. The molecule has 0 saturated carbocycles. The van der Waals surface area contributed by atoms with Gasteiger partial charge in [-0.3, -0.25) is 4.79 Å². The molecule has 5 heteroatoms. The van der Waals surface area contributed by atoms with E-state index in [0.717, 1.165) is 19.4 Å². The van der Waals surface area contributed by atoms with Gasteiger partial charge in [-0.05, 0) is 37.1 Å². The summed E-state index contributed by atoms with van der Waals surface area (Å²) in [6, 6.07) is 9.91. The van der Waals surface area contributed by atoms with Gasteiger partial charge in [0.2, 0.25) is 0 Å². The lowest BCUT2D eigenvalue weighted by atomic mass is 10.1. The van der Waals surface area contributed by atoms with Crippen molar-refractivity contribution in [2.24, 2.45) is 0 Å². The van der Waals surface area contributed by atoms with Gasteiger partial charge >= 0.3 is 5.97 Å². The third-order valence-electron chi connectivity index (χ3n) is 3.83. The van der Waals surface area contributed by atoms with Crippen molar-refractivity contribution < 1.29 is 23.1 Å². The summed E-state index contributed by atoms with van der Waals surface area (Å²) >= 11 is 0. The lowest BCUT2D eigenvalue weighted by Gasteiger charge is -2.09. The molecule has 1 fully saturated rings. The Balaban J connectivity index is 1.49. The van der Waals surface area contributed by atoms with E-state index in [2.05, 4.69) is 0 Å². The van der Waals surface area contributed by atoms with Crippen molar-refractivity contribution in [2.75, 3.05) is 13.2 Å². The highest BCUT2D eigenvalue weighted by molar-refractivity contribution is 5.69. The van der Waals surface area contributed by atoms with Crippen LogP contribution in [0.25, 0.3) is 11.3 Å². The number of carbonyl (C=O) groups excluding carboxylic acids is 1. The number of hydrogen-bond donors (Lipinski definition) is 0. The van der Waals surface area contributed by atoms with Gasteiger partial charge < -0.3 is 13.9 Å². The summed E-state index contributed by atoms with van der Waals surface area (Å²) in [7, 11) is 0. The van der Waals surface area contributed by atoms with Crippen LogP contribution < -0.4 is 0 Å². The lowest BCUT2D eigenvalue weighted by molar-refractivity contribution is -0.146. The van der Waals surface area contributed by atoms with Crippen molar-refractivity contribution in [2.45, 2.75) is 31.8 Å². The van der Waals surface area contributed by atoms with Crippen molar-refractivity contribution in [1.82, 2.24) is 0 Å². The summed E-state index contributed by atoms with van der Waals surface area (Å²) in [4.78, 5) is 11.7. The molecule has 0 bridgehead atoms. The first-order valence-electron chi connectivity index (χ1n) is 7.83. The Morgan fingerprint density at radius 3 is 2.91 bits per heavy atom. The van der Waals surface area contributed by atoms with Crippen LogP contribution >= 0.6 is 0 Å². The Hall–Kier alpha value is -2.14. The number of esters is 1. The van der Waals surface area contributed by atoms with E-state index >= 15 is 0 Å². The predicted molar refractivity (Wildman–Crippen MR) is 82.4 cm³/mol. The molecule has 23 heavy (non-hydrogen) atoms. The Morgan fingerprint density at radius 2 is 2.13 bits per heavy atom. The minimum Gasteiger partial charge on any atom is -0.463 e. The van der Waals surface area contributed by atoms with Crippen LogP contribution in [-0.2, 0) is 20.7 Å². The highest BCUT2D eigenvalue weighted by Gasteiger charge is 2.17. The van der Waals surface area contributed by atoms with Gasteiger partial charge in [0.05, 0.1) is 18.1 Å². The standard InChI is InChI=1S/C18H19FO4/c19-16-6-2-1-5-15(16)17-9-7-13(23-17)8-10-18(20)22-12-14-4-3-11-21-14/h1-2,5-7,9,14H,3-4,8,10-12H2. The quantitative estimate of drug-likeness (QED) is 0.761. The van der Waals surface area contributed by atoms with Crippen LogP contribution in [0.2, 0.25) is 0 Å². The van der Waals surface area contributed by atoms with E-state index in [1.807, 2.05) is 0 Å². The average molecular weight is 318 g/mol. The molecule has 0 radical (unpaired) electrons. The Morgan fingerprint density at radius 1 is 1.26 bits per heavy atom. The summed E-state index contributed by atoms with van der Waals surface area (Å²) < 4.78 is 29.9. The van der Waals surface area contributed by atoms with Crippen molar-refractivity contribution in [3.63, 3.8) is 0 Å². The fourth-order valence-electron chi connectivity index (χ4n) is 2.58. The minimum absolute atomic E-state index is 0.0372. The van der Waals surface area contributed by atoms with Crippen LogP contribution in [-0.4, -0.2) is 25.3 Å². The van der Waals surface area contributed by atoms with Gasteiger partial charge in [0.25, 0.3) is 0 Å². The van der Waals surface area contributed by atoms with E-state index < -0.39 is 0 Å². The minimum atomic E-state index is -0.329. The number of rotatable bonds is 6. The van der Waals surface area contributed by atoms with Gasteiger partial charge in [-0.25, -0.2) is 4.39 Å². The van der Waals surface area contributed by atoms with Crippen molar-refractivity contribution in [3.8, 4) is 11.3 Å². The SMILES string of the molecule is O=C(CCc1ccc(-c2ccccc2F)o1)OCC1CCCO1. The second-order valence-corrected chi connectivity index (χ2v) is 5.56. The Bertz CT molecular complexity index is 659. The maximum Gasteiger partial charge on any atom is 0.306 e. The van der Waals surface area contributed by atoms with Crippen LogP contribution in [0.4, 0.5) is 4.39 Å². The number of benzene rings is 1. The molecule has 0 N–H and O–H groups in total. The molecule has 122 valence electrons. The van der Waals surface area contributed by atoms with E-state index in [0.29, 0.717) is 30.1 Å². The molecule has 1 aromatic carbocycles. The molecule has 1 unspecified atom stereocenters. The molecule has 3 rings (SSSR count). The van der Waals surface area contributed by atoms with Gasteiger partial charge in [-0.1, -0.05) is 12.1 Å². The zero-order chi connectivity index (χ0) is 16.1. The Kier molecular flexibility index (Phi) is 5.08. The fourth-order valence-corrected chi connectivity index (χ4v) is 2.58. The maximum atomic E-state index is 13.7. The Labute approximate surface area is 134 Å². The molecular formula is C18H19FO4. The summed E-state index contributed by atoms with van der Waals surface area (Å²) in [5, 5.41) is 0. The number of hydrogen-bond acceptors (Lipinski definition) is 4. The zero-order valence-corrected chi connectivity index (χ0v) is 12.8. The summed E-state index contributed by atoms with van der Waals surface area (Å²) in [5.74, 6) is 0.497. The van der Waals surface area contributed by atoms with E-state index in [-0.39, 0.29) is 24.3 Å². The molecule has 1 saturated heterocycles. The molecule has 1 atom stereocenters. The molecule has 2 aromatic rings. The second kappa shape index (κ2) is 7.42. The molecule has 1 aromatic heterocycles. The number of aryl methyl sites for hydroxylation is 1. The summed E-state index contributed by atoms with van der Waals surface area (Å²) in [6.07, 6.45) is 2.66. The first-order chi connectivity index (χ1) is 11.2. The van der Waals surface area contributed by atoms with Crippen LogP contribution in [0.1, 0.15) is 25.0 Å². The van der Waals surface area contributed by atoms with Gasteiger partial charge in [-0.15, -0.1) is 0 Å². The van der Waals surface area contributed by atoms with Crippen molar-refractivity contribution in [3.05, 3.63) is 48.0 Å². The fraction of sp³-hybridized carbons (Fsp3) is 0.389. The molecule has 0 spiro atoms. The van der Waals surface area contributed by atoms with Crippen molar-refractivity contribution >= 4 is 5.97 Å². The van der Waals surface area contributed by atoms with E-state index in [1.54, 1.807) is 30.3 Å². The highest BCUT2D eigenvalue weighted by Crippen LogP contribution is 2.25. The van der Waals surface area contributed by atoms with Gasteiger partial charge in [-0.2, -0.15) is 0 Å². The topological polar surface area (TPSA) is 48.7 Å². The molecule has 1 aliphatic heterocycles.